The maximum atomic E-state index is 6.02. The van der Waals surface area contributed by atoms with Gasteiger partial charge in [0.25, 0.3) is 0 Å². The maximum absolute atomic E-state index is 6.02. The Labute approximate surface area is 111 Å². The van der Waals surface area contributed by atoms with Gasteiger partial charge in [-0.25, -0.2) is 0 Å². The van der Waals surface area contributed by atoms with Gasteiger partial charge in [-0.15, -0.1) is 0 Å². The van der Waals surface area contributed by atoms with Crippen molar-refractivity contribution in [2.24, 2.45) is 0 Å². The Hall–Kier alpha value is -0.860. The third-order valence-electron chi connectivity index (χ3n) is 3.30. The number of hydrogen-bond donors (Lipinski definition) is 0. The Morgan fingerprint density at radius 2 is 1.67 bits per heavy atom. The molecular weight excluding hydrogens is 224 g/mol. The molecule has 0 aliphatic carbocycles. The number of hydrogen-bond acceptors (Lipinski definition) is 2. The van der Waals surface area contributed by atoms with Crippen LogP contribution in [0.15, 0.2) is 24.3 Å². The van der Waals surface area contributed by atoms with Crippen LogP contribution in [0, 0.1) is 6.92 Å². The van der Waals surface area contributed by atoms with Crippen molar-refractivity contribution < 1.29 is 9.47 Å². The molecule has 0 N–H and O–H groups in total. The van der Waals surface area contributed by atoms with Crippen LogP contribution in [0.25, 0.3) is 0 Å². The molecule has 1 heterocycles. The molecule has 2 nitrogen and oxygen atoms in total. The Morgan fingerprint density at radius 1 is 1.11 bits per heavy atom. The standard InChI is InChI=1S/C14H20O2.C2H6/c1-3-16-14(8-10-15-11-9-14)13-6-4-12(2)5-7-13;1-2/h4-7H,3,8-11H2,1-2H3;1-2H3. The fraction of sp³-hybridized carbons (Fsp3) is 0.625. The van der Waals surface area contributed by atoms with Crippen LogP contribution in [0.1, 0.15) is 44.7 Å². The SMILES string of the molecule is CC.CCOC1(c2ccc(C)cc2)CCOCC1. The first kappa shape index (κ1) is 15.2. The predicted molar refractivity (Wildman–Crippen MR) is 75.9 cm³/mol. The van der Waals surface area contributed by atoms with E-state index in [4.69, 9.17) is 9.47 Å². The average molecular weight is 250 g/mol. The summed E-state index contributed by atoms with van der Waals surface area (Å²) in [6, 6.07) is 8.70. The summed E-state index contributed by atoms with van der Waals surface area (Å²) >= 11 is 0. The van der Waals surface area contributed by atoms with E-state index in [9.17, 15) is 0 Å². The molecule has 2 heteroatoms. The van der Waals surface area contributed by atoms with Gasteiger partial charge in [0.05, 0.1) is 5.60 Å². The monoisotopic (exact) mass is 250 g/mol. The van der Waals surface area contributed by atoms with E-state index in [-0.39, 0.29) is 5.60 Å². The molecule has 1 aromatic rings. The van der Waals surface area contributed by atoms with Gasteiger partial charge >= 0.3 is 0 Å². The van der Waals surface area contributed by atoms with Gasteiger partial charge in [-0.05, 0) is 19.4 Å². The molecule has 0 amide bonds. The molecule has 0 bridgehead atoms. The molecule has 0 saturated carbocycles. The molecule has 0 spiro atoms. The predicted octanol–water partition coefficient (Wildman–Crippen LogP) is 4.06. The summed E-state index contributed by atoms with van der Waals surface area (Å²) in [5.41, 5.74) is 2.48. The van der Waals surface area contributed by atoms with Crippen molar-refractivity contribution in [1.29, 1.82) is 0 Å². The molecule has 1 saturated heterocycles. The molecular formula is C16H26O2. The van der Waals surface area contributed by atoms with Gasteiger partial charge in [-0.3, -0.25) is 0 Å². The quantitative estimate of drug-likeness (QED) is 0.805. The van der Waals surface area contributed by atoms with E-state index in [0.717, 1.165) is 32.7 Å². The van der Waals surface area contributed by atoms with Crippen LogP contribution in [-0.2, 0) is 15.1 Å². The van der Waals surface area contributed by atoms with Gasteiger partial charge in [0.15, 0.2) is 0 Å². The van der Waals surface area contributed by atoms with Crippen molar-refractivity contribution in [3.8, 4) is 0 Å². The van der Waals surface area contributed by atoms with Gasteiger partial charge in [0, 0.05) is 32.7 Å². The van der Waals surface area contributed by atoms with Crippen molar-refractivity contribution in [3.63, 3.8) is 0 Å². The number of rotatable bonds is 3. The van der Waals surface area contributed by atoms with Crippen molar-refractivity contribution in [1.82, 2.24) is 0 Å². The molecule has 102 valence electrons. The summed E-state index contributed by atoms with van der Waals surface area (Å²) < 4.78 is 11.5. The highest BCUT2D eigenvalue weighted by atomic mass is 16.5. The lowest BCUT2D eigenvalue weighted by atomic mass is 9.86. The Bertz CT molecular complexity index is 318. The van der Waals surface area contributed by atoms with Gasteiger partial charge in [-0.2, -0.15) is 0 Å². The minimum absolute atomic E-state index is 0.110. The van der Waals surface area contributed by atoms with E-state index in [1.54, 1.807) is 0 Å². The average Bonchev–Trinajstić information content (AvgIpc) is 2.43. The third-order valence-corrected chi connectivity index (χ3v) is 3.30. The molecule has 0 unspecified atom stereocenters. The van der Waals surface area contributed by atoms with E-state index in [1.165, 1.54) is 11.1 Å². The van der Waals surface area contributed by atoms with E-state index in [2.05, 4.69) is 38.1 Å². The van der Waals surface area contributed by atoms with Crippen LogP contribution in [0.5, 0.6) is 0 Å². The van der Waals surface area contributed by atoms with E-state index >= 15 is 0 Å². The summed E-state index contributed by atoms with van der Waals surface area (Å²) in [5, 5.41) is 0. The molecule has 1 fully saturated rings. The lowest BCUT2D eigenvalue weighted by Crippen LogP contribution is -2.36. The first-order valence-electron chi connectivity index (χ1n) is 7.06. The van der Waals surface area contributed by atoms with E-state index in [1.807, 2.05) is 13.8 Å². The third kappa shape index (κ3) is 3.56. The normalized spacial score (nSPS) is 17.8. The van der Waals surface area contributed by atoms with Crippen LogP contribution in [-0.4, -0.2) is 19.8 Å². The lowest BCUT2D eigenvalue weighted by Gasteiger charge is -2.37. The van der Waals surface area contributed by atoms with Gasteiger partial charge in [0.2, 0.25) is 0 Å². The lowest BCUT2D eigenvalue weighted by molar-refractivity contribution is -0.112. The van der Waals surface area contributed by atoms with E-state index in [0.29, 0.717) is 0 Å². The van der Waals surface area contributed by atoms with Crippen LogP contribution in [0.3, 0.4) is 0 Å². The molecule has 0 atom stereocenters. The topological polar surface area (TPSA) is 18.5 Å². The minimum Gasteiger partial charge on any atom is -0.381 e. The smallest absolute Gasteiger partial charge is 0.0975 e. The van der Waals surface area contributed by atoms with Crippen molar-refractivity contribution in [2.45, 2.75) is 46.1 Å². The van der Waals surface area contributed by atoms with E-state index < -0.39 is 0 Å². The fourth-order valence-corrected chi connectivity index (χ4v) is 2.35. The zero-order chi connectivity index (χ0) is 13.4. The molecule has 18 heavy (non-hydrogen) atoms. The number of aryl methyl sites for hydroxylation is 1. The largest absolute Gasteiger partial charge is 0.381 e. The Kier molecular flexibility index (Phi) is 6.37. The van der Waals surface area contributed by atoms with Gasteiger partial charge < -0.3 is 9.47 Å². The van der Waals surface area contributed by atoms with Crippen LogP contribution in [0.4, 0.5) is 0 Å². The Balaban J connectivity index is 0.000000771. The summed E-state index contributed by atoms with van der Waals surface area (Å²) in [5.74, 6) is 0. The highest BCUT2D eigenvalue weighted by Crippen LogP contribution is 2.36. The first-order valence-corrected chi connectivity index (χ1v) is 7.06. The zero-order valence-corrected chi connectivity index (χ0v) is 12.2. The van der Waals surface area contributed by atoms with Gasteiger partial charge in [-0.1, -0.05) is 43.7 Å². The number of benzene rings is 1. The summed E-state index contributed by atoms with van der Waals surface area (Å²) in [6.45, 7) is 10.5. The molecule has 1 aromatic carbocycles. The molecule has 0 radical (unpaired) electrons. The van der Waals surface area contributed by atoms with Crippen LogP contribution in [0.2, 0.25) is 0 Å². The van der Waals surface area contributed by atoms with Crippen molar-refractivity contribution >= 4 is 0 Å². The molecule has 2 rings (SSSR count). The molecule has 1 aliphatic heterocycles. The van der Waals surface area contributed by atoms with Crippen molar-refractivity contribution in [2.75, 3.05) is 19.8 Å². The van der Waals surface area contributed by atoms with Crippen LogP contribution < -0.4 is 0 Å². The number of ether oxygens (including phenoxy) is 2. The fourth-order valence-electron chi connectivity index (χ4n) is 2.35. The highest BCUT2D eigenvalue weighted by Gasteiger charge is 2.34. The maximum Gasteiger partial charge on any atom is 0.0975 e. The Morgan fingerprint density at radius 3 is 2.17 bits per heavy atom. The summed E-state index contributed by atoms with van der Waals surface area (Å²) in [7, 11) is 0. The van der Waals surface area contributed by atoms with Crippen molar-refractivity contribution in [3.05, 3.63) is 35.4 Å². The summed E-state index contributed by atoms with van der Waals surface area (Å²) in [4.78, 5) is 0. The second-order valence-electron chi connectivity index (χ2n) is 4.41. The highest BCUT2D eigenvalue weighted by molar-refractivity contribution is 5.27. The minimum atomic E-state index is -0.110. The molecule has 0 aromatic heterocycles. The first-order chi connectivity index (χ1) is 8.77. The molecule has 1 aliphatic rings. The van der Waals surface area contributed by atoms with Crippen LogP contribution >= 0.6 is 0 Å². The second kappa shape index (κ2) is 7.55. The van der Waals surface area contributed by atoms with Gasteiger partial charge in [0.1, 0.15) is 0 Å². The second-order valence-corrected chi connectivity index (χ2v) is 4.41. The summed E-state index contributed by atoms with van der Waals surface area (Å²) in [6.07, 6.45) is 1.92. The zero-order valence-electron chi connectivity index (χ0n) is 12.2.